The fraction of sp³-hybridized carbons (Fsp3) is 0.538. The lowest BCUT2D eigenvalue weighted by Gasteiger charge is -2.13. The number of ether oxygens (including phenoxy) is 1. The van der Waals surface area contributed by atoms with E-state index in [2.05, 4.69) is 10.3 Å². The summed E-state index contributed by atoms with van der Waals surface area (Å²) in [7, 11) is 0. The molecule has 0 bridgehead atoms. The number of likely N-dealkylation sites (tertiary alicyclic amines) is 1. The molecule has 0 unspecified atom stereocenters. The van der Waals surface area contributed by atoms with Crippen molar-refractivity contribution >= 4 is 34.3 Å². The van der Waals surface area contributed by atoms with Gasteiger partial charge >= 0.3 is 5.97 Å². The number of aromatic nitrogens is 1. The van der Waals surface area contributed by atoms with Crippen LogP contribution in [0.2, 0.25) is 0 Å². The summed E-state index contributed by atoms with van der Waals surface area (Å²) in [6.45, 7) is 2.74. The van der Waals surface area contributed by atoms with Gasteiger partial charge in [-0.25, -0.2) is 4.98 Å². The third kappa shape index (κ3) is 4.52. The Morgan fingerprint density at radius 3 is 3.00 bits per heavy atom. The highest BCUT2D eigenvalue weighted by Gasteiger charge is 2.22. The lowest BCUT2D eigenvalue weighted by molar-refractivity contribution is -0.142. The molecule has 1 aliphatic heterocycles. The van der Waals surface area contributed by atoms with E-state index in [1.165, 1.54) is 16.2 Å². The normalized spacial score (nSPS) is 14.3. The number of hydrogen-bond donors (Lipinski definition) is 1. The minimum atomic E-state index is -0.344. The molecule has 114 valence electrons. The molecule has 1 aliphatic rings. The molecule has 0 saturated carbocycles. The Bertz CT molecular complexity index is 543. The molecule has 1 fully saturated rings. The van der Waals surface area contributed by atoms with E-state index in [0.717, 1.165) is 6.42 Å². The van der Waals surface area contributed by atoms with Crippen molar-refractivity contribution in [3.8, 4) is 0 Å². The topological polar surface area (TPSA) is 88.6 Å². The van der Waals surface area contributed by atoms with E-state index in [4.69, 9.17) is 4.74 Å². The van der Waals surface area contributed by atoms with E-state index >= 15 is 0 Å². The first-order valence-corrected chi connectivity index (χ1v) is 7.64. The number of carbonyl (C=O) groups is 3. The summed E-state index contributed by atoms with van der Waals surface area (Å²) in [5.74, 6) is -0.613. The van der Waals surface area contributed by atoms with Crippen molar-refractivity contribution in [3.05, 3.63) is 11.1 Å². The van der Waals surface area contributed by atoms with Crippen LogP contribution in [-0.4, -0.2) is 47.4 Å². The molecular formula is C13H17N3O4S. The maximum atomic E-state index is 11.8. The number of carbonyl (C=O) groups excluding carboxylic acids is 3. The number of esters is 1. The number of nitrogens with zero attached hydrogens (tertiary/aromatic N) is 2. The molecule has 0 atom stereocenters. The minimum Gasteiger partial charge on any atom is -0.466 e. The predicted octanol–water partition coefficient (Wildman–Crippen LogP) is 0.810. The molecule has 8 heteroatoms. The fourth-order valence-corrected chi connectivity index (χ4v) is 2.74. The van der Waals surface area contributed by atoms with Crippen LogP contribution in [0.3, 0.4) is 0 Å². The Morgan fingerprint density at radius 2 is 2.33 bits per heavy atom. The van der Waals surface area contributed by atoms with E-state index in [1.807, 2.05) is 0 Å². The van der Waals surface area contributed by atoms with Gasteiger partial charge in [-0.1, -0.05) is 0 Å². The molecular weight excluding hydrogens is 294 g/mol. The quantitative estimate of drug-likeness (QED) is 0.785. The average molecular weight is 311 g/mol. The molecule has 0 radical (unpaired) electrons. The van der Waals surface area contributed by atoms with E-state index in [1.54, 1.807) is 12.3 Å². The van der Waals surface area contributed by atoms with E-state index in [0.29, 0.717) is 30.4 Å². The average Bonchev–Trinajstić information content (AvgIpc) is 3.00. The van der Waals surface area contributed by atoms with Gasteiger partial charge in [0.25, 0.3) is 0 Å². The largest absolute Gasteiger partial charge is 0.466 e. The van der Waals surface area contributed by atoms with E-state index < -0.39 is 0 Å². The first kappa shape index (κ1) is 15.4. The maximum Gasteiger partial charge on any atom is 0.311 e. The van der Waals surface area contributed by atoms with Crippen LogP contribution in [-0.2, 0) is 25.5 Å². The first-order chi connectivity index (χ1) is 10.1. The zero-order chi connectivity index (χ0) is 15.2. The second kappa shape index (κ2) is 7.16. The van der Waals surface area contributed by atoms with Crippen LogP contribution in [0.1, 0.15) is 25.5 Å². The second-order valence-corrected chi connectivity index (χ2v) is 5.45. The molecule has 0 spiro atoms. The Balaban J connectivity index is 1.82. The lowest BCUT2D eigenvalue weighted by Crippen LogP contribution is -2.33. The lowest BCUT2D eigenvalue weighted by atomic mass is 10.3. The summed E-state index contributed by atoms with van der Waals surface area (Å²) < 4.78 is 4.83. The van der Waals surface area contributed by atoms with Crippen LogP contribution in [0.5, 0.6) is 0 Å². The maximum absolute atomic E-state index is 11.8. The van der Waals surface area contributed by atoms with Gasteiger partial charge in [0.2, 0.25) is 11.8 Å². The van der Waals surface area contributed by atoms with E-state index in [-0.39, 0.29) is 30.7 Å². The number of amides is 2. The van der Waals surface area contributed by atoms with Crippen LogP contribution < -0.4 is 5.32 Å². The van der Waals surface area contributed by atoms with Crippen molar-refractivity contribution in [2.24, 2.45) is 0 Å². The van der Waals surface area contributed by atoms with Crippen LogP contribution in [0.4, 0.5) is 5.13 Å². The van der Waals surface area contributed by atoms with Gasteiger partial charge in [-0.05, 0) is 13.3 Å². The van der Waals surface area contributed by atoms with Gasteiger partial charge in [0.1, 0.15) is 0 Å². The number of hydrogen-bond acceptors (Lipinski definition) is 6. The van der Waals surface area contributed by atoms with Crippen LogP contribution in [0.15, 0.2) is 5.38 Å². The van der Waals surface area contributed by atoms with Gasteiger partial charge in [-0.3, -0.25) is 14.4 Å². The monoisotopic (exact) mass is 311 g/mol. The van der Waals surface area contributed by atoms with Crippen molar-refractivity contribution in [1.29, 1.82) is 0 Å². The summed E-state index contributed by atoms with van der Waals surface area (Å²) in [4.78, 5) is 40.2. The Hall–Kier alpha value is -1.96. The zero-order valence-electron chi connectivity index (χ0n) is 11.8. The minimum absolute atomic E-state index is 0.00675. The highest BCUT2D eigenvalue weighted by Crippen LogP contribution is 2.16. The molecule has 1 aromatic rings. The van der Waals surface area contributed by atoms with Crippen molar-refractivity contribution in [3.63, 3.8) is 0 Å². The van der Waals surface area contributed by atoms with Crippen LogP contribution in [0, 0.1) is 0 Å². The molecule has 1 saturated heterocycles. The molecule has 2 amide bonds. The summed E-state index contributed by atoms with van der Waals surface area (Å²) in [6.07, 6.45) is 1.39. The fourth-order valence-electron chi connectivity index (χ4n) is 2.01. The van der Waals surface area contributed by atoms with Crippen molar-refractivity contribution < 1.29 is 19.1 Å². The first-order valence-electron chi connectivity index (χ1n) is 6.76. The van der Waals surface area contributed by atoms with Crippen molar-refractivity contribution in [1.82, 2.24) is 9.88 Å². The van der Waals surface area contributed by atoms with Gasteiger partial charge in [0.15, 0.2) is 5.13 Å². The standard InChI is InChI=1S/C13H17N3O4S/c1-2-20-12(19)6-9-8-21-13(14-9)15-10(17)7-16-5-3-4-11(16)18/h8H,2-7H2,1H3,(H,14,15,17). The number of nitrogens with one attached hydrogen (secondary N) is 1. The van der Waals surface area contributed by atoms with E-state index in [9.17, 15) is 14.4 Å². The van der Waals surface area contributed by atoms with Crippen LogP contribution in [0.25, 0.3) is 0 Å². The Kier molecular flexibility index (Phi) is 5.26. The van der Waals surface area contributed by atoms with Crippen molar-refractivity contribution in [2.75, 3.05) is 25.0 Å². The molecule has 21 heavy (non-hydrogen) atoms. The third-order valence-corrected chi connectivity index (χ3v) is 3.74. The summed E-state index contributed by atoms with van der Waals surface area (Å²) in [5.41, 5.74) is 0.561. The Labute approximate surface area is 126 Å². The number of thiazole rings is 1. The molecule has 1 N–H and O–H groups in total. The SMILES string of the molecule is CCOC(=O)Cc1csc(NC(=O)CN2CCCC2=O)n1. The number of rotatable bonds is 6. The second-order valence-electron chi connectivity index (χ2n) is 4.59. The summed E-state index contributed by atoms with van der Waals surface area (Å²) >= 11 is 1.24. The molecule has 7 nitrogen and oxygen atoms in total. The molecule has 1 aromatic heterocycles. The van der Waals surface area contributed by atoms with Gasteiger partial charge in [-0.15, -0.1) is 11.3 Å². The van der Waals surface area contributed by atoms with Crippen molar-refractivity contribution in [2.45, 2.75) is 26.2 Å². The Morgan fingerprint density at radius 1 is 1.52 bits per heavy atom. The van der Waals surface area contributed by atoms with Gasteiger partial charge in [-0.2, -0.15) is 0 Å². The third-order valence-electron chi connectivity index (χ3n) is 2.93. The molecule has 2 rings (SSSR count). The molecule has 0 aromatic carbocycles. The highest BCUT2D eigenvalue weighted by atomic mass is 32.1. The highest BCUT2D eigenvalue weighted by molar-refractivity contribution is 7.13. The van der Waals surface area contributed by atoms with Gasteiger partial charge in [0, 0.05) is 18.3 Å². The number of anilines is 1. The summed E-state index contributed by atoms with van der Waals surface area (Å²) in [5, 5.41) is 4.76. The predicted molar refractivity (Wildman–Crippen MR) is 76.9 cm³/mol. The van der Waals surface area contributed by atoms with Gasteiger partial charge < -0.3 is 15.0 Å². The zero-order valence-corrected chi connectivity index (χ0v) is 12.6. The summed E-state index contributed by atoms with van der Waals surface area (Å²) in [6, 6.07) is 0. The van der Waals surface area contributed by atoms with Gasteiger partial charge in [0.05, 0.1) is 25.3 Å². The van der Waals surface area contributed by atoms with Crippen LogP contribution >= 0.6 is 11.3 Å². The smallest absolute Gasteiger partial charge is 0.311 e. The molecule has 2 heterocycles. The molecule has 0 aliphatic carbocycles.